The molecule has 0 spiro atoms. The summed E-state index contributed by atoms with van der Waals surface area (Å²) in [5.74, 6) is 0.567. The molecule has 0 fully saturated rings. The first-order valence-electron chi connectivity index (χ1n) is 6.15. The van der Waals surface area contributed by atoms with Crippen LogP contribution in [0.2, 0.25) is 0 Å². The van der Waals surface area contributed by atoms with Crippen LogP contribution in [0.25, 0.3) is 0 Å². The van der Waals surface area contributed by atoms with Gasteiger partial charge in [-0.15, -0.1) is 0 Å². The lowest BCUT2D eigenvalue weighted by Crippen LogP contribution is -2.34. The number of nitrogen functional groups attached to an aromatic ring is 1. The number of ether oxygens (including phenoxy) is 1. The SMILES string of the molecule is CN1CN(COC(CO)CO)c2nc(N)n(C)c(=O)c21. The first-order chi connectivity index (χ1) is 9.49. The van der Waals surface area contributed by atoms with Crippen molar-refractivity contribution in [2.75, 3.05) is 49.2 Å². The van der Waals surface area contributed by atoms with E-state index < -0.39 is 6.10 Å². The molecule has 9 nitrogen and oxygen atoms in total. The van der Waals surface area contributed by atoms with E-state index in [2.05, 4.69) is 4.98 Å². The van der Waals surface area contributed by atoms with Crippen LogP contribution in [-0.4, -0.2) is 59.5 Å². The predicted octanol–water partition coefficient (Wildman–Crippen LogP) is -2.10. The van der Waals surface area contributed by atoms with Gasteiger partial charge in [0.15, 0.2) is 5.82 Å². The Bertz CT molecular complexity index is 542. The Morgan fingerprint density at radius 3 is 2.65 bits per heavy atom. The fourth-order valence-corrected chi connectivity index (χ4v) is 2.00. The van der Waals surface area contributed by atoms with E-state index in [0.29, 0.717) is 18.2 Å². The number of aliphatic hydroxyl groups is 2. The van der Waals surface area contributed by atoms with E-state index in [0.717, 1.165) is 0 Å². The highest BCUT2D eigenvalue weighted by Crippen LogP contribution is 2.30. The molecule has 0 amide bonds. The molecule has 0 saturated heterocycles. The first kappa shape index (κ1) is 14.6. The summed E-state index contributed by atoms with van der Waals surface area (Å²) in [5.41, 5.74) is 5.93. The fourth-order valence-electron chi connectivity index (χ4n) is 2.00. The van der Waals surface area contributed by atoms with Gasteiger partial charge in [0.1, 0.15) is 18.5 Å². The van der Waals surface area contributed by atoms with Crippen molar-refractivity contribution in [3.8, 4) is 0 Å². The van der Waals surface area contributed by atoms with E-state index in [9.17, 15) is 4.79 Å². The number of rotatable bonds is 5. The molecule has 2 heterocycles. The first-order valence-corrected chi connectivity index (χ1v) is 6.15. The molecule has 1 aromatic rings. The minimum Gasteiger partial charge on any atom is -0.394 e. The molecule has 4 N–H and O–H groups in total. The zero-order chi connectivity index (χ0) is 14.9. The third-order valence-electron chi connectivity index (χ3n) is 3.22. The summed E-state index contributed by atoms with van der Waals surface area (Å²) in [5, 5.41) is 17.9. The van der Waals surface area contributed by atoms with Crippen LogP contribution in [0.3, 0.4) is 0 Å². The maximum Gasteiger partial charge on any atom is 0.280 e. The summed E-state index contributed by atoms with van der Waals surface area (Å²) in [6, 6.07) is 0. The van der Waals surface area contributed by atoms with Crippen LogP contribution in [-0.2, 0) is 11.8 Å². The second kappa shape index (κ2) is 5.65. The van der Waals surface area contributed by atoms with Crippen molar-refractivity contribution in [3.63, 3.8) is 0 Å². The molecule has 20 heavy (non-hydrogen) atoms. The van der Waals surface area contributed by atoms with Gasteiger partial charge in [-0.1, -0.05) is 0 Å². The van der Waals surface area contributed by atoms with Crippen molar-refractivity contribution >= 4 is 17.5 Å². The monoisotopic (exact) mass is 285 g/mol. The summed E-state index contributed by atoms with van der Waals surface area (Å²) in [6.07, 6.45) is -0.659. The number of nitrogens with two attached hydrogens (primary N) is 1. The van der Waals surface area contributed by atoms with Crippen molar-refractivity contribution in [1.82, 2.24) is 9.55 Å². The smallest absolute Gasteiger partial charge is 0.280 e. The topological polar surface area (TPSA) is 117 Å². The maximum absolute atomic E-state index is 12.1. The molecule has 1 aliphatic rings. The molecule has 0 saturated carbocycles. The number of aromatic nitrogens is 2. The van der Waals surface area contributed by atoms with E-state index in [1.54, 1.807) is 23.9 Å². The van der Waals surface area contributed by atoms with Crippen molar-refractivity contribution in [3.05, 3.63) is 10.4 Å². The number of hydrogen-bond acceptors (Lipinski definition) is 8. The Labute approximate surface area is 115 Å². The molecule has 9 heteroatoms. The van der Waals surface area contributed by atoms with Gasteiger partial charge in [0, 0.05) is 14.1 Å². The van der Waals surface area contributed by atoms with Crippen molar-refractivity contribution < 1.29 is 14.9 Å². The molecule has 0 unspecified atom stereocenters. The van der Waals surface area contributed by atoms with Crippen LogP contribution in [0.5, 0.6) is 0 Å². The highest BCUT2D eigenvalue weighted by molar-refractivity contribution is 5.72. The molecule has 1 aromatic heterocycles. The highest BCUT2D eigenvalue weighted by atomic mass is 16.5. The Kier molecular flexibility index (Phi) is 4.12. The summed E-state index contributed by atoms with van der Waals surface area (Å²) in [7, 11) is 3.33. The summed E-state index contributed by atoms with van der Waals surface area (Å²) < 4.78 is 6.63. The number of hydrogen-bond donors (Lipinski definition) is 3. The van der Waals surface area contributed by atoms with Gasteiger partial charge in [-0.2, -0.15) is 4.98 Å². The zero-order valence-electron chi connectivity index (χ0n) is 11.5. The quantitative estimate of drug-likeness (QED) is 0.563. The Morgan fingerprint density at radius 1 is 1.40 bits per heavy atom. The molecule has 112 valence electrons. The van der Waals surface area contributed by atoms with Crippen LogP contribution in [0.4, 0.5) is 17.5 Å². The van der Waals surface area contributed by atoms with E-state index in [1.807, 2.05) is 0 Å². The fraction of sp³-hybridized carbons (Fsp3) is 0.636. The van der Waals surface area contributed by atoms with Crippen molar-refractivity contribution in [1.29, 1.82) is 0 Å². The lowest BCUT2D eigenvalue weighted by Gasteiger charge is -2.21. The summed E-state index contributed by atoms with van der Waals surface area (Å²) in [4.78, 5) is 19.8. The Morgan fingerprint density at radius 2 is 2.05 bits per heavy atom. The Balaban J connectivity index is 2.24. The van der Waals surface area contributed by atoms with E-state index in [1.165, 1.54) is 4.57 Å². The minimum atomic E-state index is -0.659. The van der Waals surface area contributed by atoms with Gasteiger partial charge in [0.25, 0.3) is 5.56 Å². The molecular formula is C11H19N5O4. The van der Waals surface area contributed by atoms with E-state index in [-0.39, 0.29) is 31.5 Å². The third-order valence-corrected chi connectivity index (χ3v) is 3.22. The summed E-state index contributed by atoms with van der Waals surface area (Å²) in [6.45, 7) is -0.0361. The molecule has 0 atom stereocenters. The predicted molar refractivity (Wildman–Crippen MR) is 73.6 cm³/mol. The molecular weight excluding hydrogens is 266 g/mol. The number of nitrogens with zero attached hydrogens (tertiary/aromatic N) is 4. The second-order valence-electron chi connectivity index (χ2n) is 4.67. The standard InChI is InChI=1S/C11H19N5O4/c1-14-5-16(6-20-7(3-17)4-18)9-8(14)10(19)15(2)11(12)13-9/h7,17-18H,3-6H2,1-2H3,(H2,12,13). The number of aliphatic hydroxyl groups excluding tert-OH is 2. The number of anilines is 3. The molecule has 0 bridgehead atoms. The Hall–Kier alpha value is -1.84. The van der Waals surface area contributed by atoms with Crippen molar-refractivity contribution in [2.45, 2.75) is 6.10 Å². The van der Waals surface area contributed by atoms with Gasteiger partial charge in [-0.25, -0.2) is 0 Å². The van der Waals surface area contributed by atoms with Gasteiger partial charge in [0.2, 0.25) is 5.95 Å². The van der Waals surface area contributed by atoms with Gasteiger partial charge in [-0.05, 0) is 0 Å². The third kappa shape index (κ3) is 2.42. The van der Waals surface area contributed by atoms with Crippen LogP contribution >= 0.6 is 0 Å². The van der Waals surface area contributed by atoms with Crippen LogP contribution in [0, 0.1) is 0 Å². The molecule has 1 aliphatic heterocycles. The van der Waals surface area contributed by atoms with Crippen molar-refractivity contribution in [2.24, 2.45) is 7.05 Å². The van der Waals surface area contributed by atoms with Gasteiger partial charge < -0.3 is 30.5 Å². The highest BCUT2D eigenvalue weighted by Gasteiger charge is 2.29. The maximum atomic E-state index is 12.1. The van der Waals surface area contributed by atoms with Gasteiger partial charge in [0.05, 0.1) is 19.9 Å². The number of fused-ring (bicyclic) bond motifs is 1. The van der Waals surface area contributed by atoms with Crippen LogP contribution in [0.15, 0.2) is 4.79 Å². The van der Waals surface area contributed by atoms with Crippen LogP contribution in [0.1, 0.15) is 0 Å². The van der Waals surface area contributed by atoms with Crippen LogP contribution < -0.4 is 21.1 Å². The van der Waals surface area contributed by atoms with E-state index >= 15 is 0 Å². The summed E-state index contributed by atoms with van der Waals surface area (Å²) >= 11 is 0. The average molecular weight is 285 g/mol. The molecule has 0 radical (unpaired) electrons. The lowest BCUT2D eigenvalue weighted by atomic mass is 10.4. The van der Waals surface area contributed by atoms with Gasteiger partial charge in [-0.3, -0.25) is 9.36 Å². The minimum absolute atomic E-state index is 0.0999. The van der Waals surface area contributed by atoms with Gasteiger partial charge >= 0.3 is 0 Å². The molecule has 2 rings (SSSR count). The largest absolute Gasteiger partial charge is 0.394 e. The second-order valence-corrected chi connectivity index (χ2v) is 4.67. The normalized spacial score (nSPS) is 14.2. The zero-order valence-corrected chi connectivity index (χ0v) is 11.5. The average Bonchev–Trinajstić information content (AvgIpc) is 2.74. The molecule has 0 aliphatic carbocycles. The molecule has 0 aromatic carbocycles. The van der Waals surface area contributed by atoms with E-state index in [4.69, 9.17) is 20.7 Å². The lowest BCUT2D eigenvalue weighted by molar-refractivity contribution is -0.0188.